The van der Waals surface area contributed by atoms with Crippen LogP contribution in [0.5, 0.6) is 5.75 Å². The fraction of sp³-hybridized carbons (Fsp3) is 0.611. The number of benzene rings is 1. The van der Waals surface area contributed by atoms with Crippen LogP contribution in [0.4, 0.5) is 0 Å². The lowest BCUT2D eigenvalue weighted by molar-refractivity contribution is -0.136. The van der Waals surface area contributed by atoms with Crippen molar-refractivity contribution in [1.29, 1.82) is 0 Å². The SMILES string of the molecule is COc1cccc2c1CCC2(N)C(=O)N(C)CC1CCNCC1. The number of nitrogens with two attached hydrogens (primary N) is 1. The van der Waals surface area contributed by atoms with Gasteiger partial charge in [-0.15, -0.1) is 0 Å². The second-order valence-electron chi connectivity index (χ2n) is 6.84. The summed E-state index contributed by atoms with van der Waals surface area (Å²) in [4.78, 5) is 14.9. The molecule has 1 aliphatic heterocycles. The summed E-state index contributed by atoms with van der Waals surface area (Å²) in [5.74, 6) is 1.44. The Morgan fingerprint density at radius 2 is 2.17 bits per heavy atom. The molecule has 1 heterocycles. The number of carbonyl (C=O) groups excluding carboxylic acids is 1. The highest BCUT2D eigenvalue weighted by atomic mass is 16.5. The van der Waals surface area contributed by atoms with Gasteiger partial charge in [-0.2, -0.15) is 0 Å². The van der Waals surface area contributed by atoms with E-state index < -0.39 is 5.54 Å². The lowest BCUT2D eigenvalue weighted by Crippen LogP contribution is -2.51. The Morgan fingerprint density at radius 1 is 1.43 bits per heavy atom. The average molecular weight is 317 g/mol. The third-order valence-corrected chi connectivity index (χ3v) is 5.32. The molecule has 2 aliphatic rings. The van der Waals surface area contributed by atoms with Crippen LogP contribution < -0.4 is 15.8 Å². The predicted octanol–water partition coefficient (Wildman–Crippen LogP) is 1.25. The van der Waals surface area contributed by atoms with Crippen molar-refractivity contribution in [2.45, 2.75) is 31.2 Å². The first-order chi connectivity index (χ1) is 11.1. The average Bonchev–Trinajstić information content (AvgIpc) is 2.93. The van der Waals surface area contributed by atoms with Crippen LogP contribution in [0.2, 0.25) is 0 Å². The quantitative estimate of drug-likeness (QED) is 0.877. The molecule has 1 aromatic carbocycles. The van der Waals surface area contributed by atoms with Crippen molar-refractivity contribution in [3.8, 4) is 5.75 Å². The van der Waals surface area contributed by atoms with E-state index in [1.54, 1.807) is 7.11 Å². The highest BCUT2D eigenvalue weighted by Crippen LogP contribution is 2.40. The summed E-state index contributed by atoms with van der Waals surface area (Å²) in [6.07, 6.45) is 3.69. The van der Waals surface area contributed by atoms with Crippen molar-refractivity contribution in [2.75, 3.05) is 33.8 Å². The van der Waals surface area contributed by atoms with E-state index in [0.717, 1.165) is 55.8 Å². The molecule has 126 valence electrons. The topological polar surface area (TPSA) is 67.6 Å². The smallest absolute Gasteiger partial charge is 0.247 e. The van der Waals surface area contributed by atoms with Crippen LogP contribution >= 0.6 is 0 Å². The van der Waals surface area contributed by atoms with Crippen LogP contribution in [-0.4, -0.2) is 44.6 Å². The van der Waals surface area contributed by atoms with Crippen LogP contribution in [0.1, 0.15) is 30.4 Å². The number of hydrogen-bond donors (Lipinski definition) is 2. The Balaban J connectivity index is 1.77. The molecule has 0 bridgehead atoms. The summed E-state index contributed by atoms with van der Waals surface area (Å²) in [5.41, 5.74) is 7.69. The van der Waals surface area contributed by atoms with Gasteiger partial charge in [-0.1, -0.05) is 12.1 Å². The van der Waals surface area contributed by atoms with Crippen molar-refractivity contribution in [2.24, 2.45) is 11.7 Å². The first-order valence-corrected chi connectivity index (χ1v) is 8.48. The third-order valence-electron chi connectivity index (χ3n) is 5.32. The van der Waals surface area contributed by atoms with Gasteiger partial charge >= 0.3 is 0 Å². The van der Waals surface area contributed by atoms with Crippen molar-refractivity contribution in [3.63, 3.8) is 0 Å². The monoisotopic (exact) mass is 317 g/mol. The summed E-state index contributed by atoms with van der Waals surface area (Å²) < 4.78 is 5.42. The molecule has 3 rings (SSSR count). The van der Waals surface area contributed by atoms with Crippen LogP contribution in [-0.2, 0) is 16.8 Å². The van der Waals surface area contributed by atoms with Gasteiger partial charge in [0.2, 0.25) is 5.91 Å². The summed E-state index contributed by atoms with van der Waals surface area (Å²) in [7, 11) is 3.55. The van der Waals surface area contributed by atoms with Gasteiger partial charge in [0.15, 0.2) is 0 Å². The number of likely N-dealkylation sites (N-methyl/N-ethyl adjacent to an activating group) is 1. The van der Waals surface area contributed by atoms with E-state index >= 15 is 0 Å². The molecule has 1 aromatic rings. The molecule has 1 fully saturated rings. The minimum atomic E-state index is -0.911. The van der Waals surface area contributed by atoms with Crippen LogP contribution in [0.25, 0.3) is 0 Å². The van der Waals surface area contributed by atoms with Crippen molar-refractivity contribution < 1.29 is 9.53 Å². The van der Waals surface area contributed by atoms with E-state index in [-0.39, 0.29) is 5.91 Å². The lowest BCUT2D eigenvalue weighted by Gasteiger charge is -2.33. The molecule has 5 nitrogen and oxygen atoms in total. The number of nitrogens with one attached hydrogen (secondary N) is 1. The zero-order chi connectivity index (χ0) is 16.4. The van der Waals surface area contributed by atoms with Gasteiger partial charge in [0.1, 0.15) is 11.3 Å². The molecular weight excluding hydrogens is 290 g/mol. The van der Waals surface area contributed by atoms with Crippen molar-refractivity contribution in [1.82, 2.24) is 10.2 Å². The predicted molar refractivity (Wildman–Crippen MR) is 90.4 cm³/mol. The Morgan fingerprint density at radius 3 is 2.87 bits per heavy atom. The normalized spacial score (nSPS) is 24.3. The van der Waals surface area contributed by atoms with Gasteiger partial charge in [-0.3, -0.25) is 4.79 Å². The number of rotatable bonds is 4. The number of methoxy groups -OCH3 is 1. The number of carbonyl (C=O) groups is 1. The first kappa shape index (κ1) is 16.3. The number of nitrogens with zero attached hydrogens (tertiary/aromatic N) is 1. The number of amides is 1. The molecule has 1 amide bonds. The van der Waals surface area contributed by atoms with E-state index in [4.69, 9.17) is 10.5 Å². The highest BCUT2D eigenvalue weighted by Gasteiger charge is 2.44. The highest BCUT2D eigenvalue weighted by molar-refractivity contribution is 5.89. The van der Waals surface area contributed by atoms with Gasteiger partial charge in [0.25, 0.3) is 0 Å². The van der Waals surface area contributed by atoms with Gasteiger partial charge in [0.05, 0.1) is 7.11 Å². The van der Waals surface area contributed by atoms with Gasteiger partial charge < -0.3 is 20.7 Å². The third kappa shape index (κ3) is 2.95. The summed E-state index contributed by atoms with van der Waals surface area (Å²) in [6.45, 7) is 2.87. The minimum absolute atomic E-state index is 0.0306. The molecule has 1 unspecified atom stereocenters. The maximum Gasteiger partial charge on any atom is 0.247 e. The van der Waals surface area contributed by atoms with Crippen LogP contribution in [0, 0.1) is 5.92 Å². The second-order valence-corrected chi connectivity index (χ2v) is 6.84. The summed E-state index contributed by atoms with van der Waals surface area (Å²) in [6, 6.07) is 5.83. The van der Waals surface area contributed by atoms with Gasteiger partial charge in [0, 0.05) is 13.6 Å². The Labute approximate surface area is 138 Å². The largest absolute Gasteiger partial charge is 0.496 e. The number of ether oxygens (including phenoxy) is 1. The Kier molecular flexibility index (Phi) is 4.60. The number of fused-ring (bicyclic) bond motifs is 1. The fourth-order valence-electron chi connectivity index (χ4n) is 3.99. The molecule has 0 saturated carbocycles. The first-order valence-electron chi connectivity index (χ1n) is 8.48. The van der Waals surface area contributed by atoms with E-state index in [1.807, 2.05) is 30.1 Å². The zero-order valence-corrected chi connectivity index (χ0v) is 14.1. The lowest BCUT2D eigenvalue weighted by atomic mass is 9.90. The van der Waals surface area contributed by atoms with Gasteiger partial charge in [-0.25, -0.2) is 0 Å². The molecule has 3 N–H and O–H groups in total. The maximum absolute atomic E-state index is 13.0. The Hall–Kier alpha value is -1.59. The minimum Gasteiger partial charge on any atom is -0.496 e. The Bertz CT molecular complexity index is 584. The molecule has 0 radical (unpaired) electrons. The summed E-state index contributed by atoms with van der Waals surface area (Å²) in [5, 5.41) is 3.36. The van der Waals surface area contributed by atoms with E-state index in [9.17, 15) is 4.79 Å². The van der Waals surface area contributed by atoms with Crippen LogP contribution in [0.15, 0.2) is 18.2 Å². The molecule has 5 heteroatoms. The van der Waals surface area contributed by atoms with Crippen LogP contribution in [0.3, 0.4) is 0 Å². The number of piperidine rings is 1. The summed E-state index contributed by atoms with van der Waals surface area (Å²) >= 11 is 0. The van der Waals surface area contributed by atoms with Crippen molar-refractivity contribution >= 4 is 5.91 Å². The maximum atomic E-state index is 13.0. The molecule has 1 aliphatic carbocycles. The zero-order valence-electron chi connectivity index (χ0n) is 14.1. The molecule has 0 spiro atoms. The standard InChI is InChI=1S/C18H27N3O2/c1-21(12-13-7-10-20-11-8-13)17(22)18(19)9-6-14-15(18)4-3-5-16(14)23-2/h3-5,13,20H,6-12,19H2,1-2H3. The molecule has 23 heavy (non-hydrogen) atoms. The molecule has 1 atom stereocenters. The number of hydrogen-bond acceptors (Lipinski definition) is 4. The molecule has 1 saturated heterocycles. The van der Waals surface area contributed by atoms with E-state index in [1.165, 1.54) is 0 Å². The fourth-order valence-corrected chi connectivity index (χ4v) is 3.99. The van der Waals surface area contributed by atoms with Gasteiger partial charge in [-0.05, 0) is 61.9 Å². The molecule has 0 aromatic heterocycles. The van der Waals surface area contributed by atoms with E-state index in [0.29, 0.717) is 12.3 Å². The molecular formula is C18H27N3O2. The second kappa shape index (κ2) is 6.49. The van der Waals surface area contributed by atoms with E-state index in [2.05, 4.69) is 5.32 Å². The van der Waals surface area contributed by atoms with Crippen molar-refractivity contribution in [3.05, 3.63) is 29.3 Å².